The van der Waals surface area contributed by atoms with E-state index in [0.717, 1.165) is 17.6 Å². The SMILES string of the molecule is CC(C)CNC(=O)C(C)[C@@H](O)[C@H](O)[C@H](CC(C)C)NC(=O)c1csc(NS(C)(=O)=O)n1. The Hall–Kier alpha value is -1.76. The number of hydrogen-bond donors (Lipinski definition) is 5. The van der Waals surface area contributed by atoms with Crippen molar-refractivity contribution in [2.75, 3.05) is 17.5 Å². The molecule has 0 aliphatic rings. The fourth-order valence-electron chi connectivity index (χ4n) is 2.77. The molecular formula is C19H34N4O6S2. The maximum absolute atomic E-state index is 12.6. The van der Waals surface area contributed by atoms with E-state index in [9.17, 15) is 28.2 Å². The van der Waals surface area contributed by atoms with Crippen LogP contribution in [0.15, 0.2) is 5.38 Å². The number of carbonyl (C=O) groups excluding carboxylic acids is 2. The summed E-state index contributed by atoms with van der Waals surface area (Å²) in [6.07, 6.45) is -1.46. The fourth-order valence-corrected chi connectivity index (χ4v) is 4.32. The number of anilines is 1. The molecule has 5 N–H and O–H groups in total. The third-order valence-electron chi connectivity index (χ3n) is 4.42. The minimum absolute atomic E-state index is 0.0191. The molecule has 0 aromatic carbocycles. The van der Waals surface area contributed by atoms with Crippen LogP contribution in [0.5, 0.6) is 0 Å². The number of nitrogens with zero attached hydrogens (tertiary/aromatic N) is 1. The zero-order valence-electron chi connectivity index (χ0n) is 18.7. The average molecular weight is 479 g/mol. The second-order valence-electron chi connectivity index (χ2n) is 8.53. The monoisotopic (exact) mass is 478 g/mol. The second-order valence-corrected chi connectivity index (χ2v) is 11.1. The molecule has 4 atom stereocenters. The highest BCUT2D eigenvalue weighted by molar-refractivity contribution is 7.92. The standard InChI is InChI=1S/C19H34N4O6S2/c1-10(2)7-13(16(25)15(24)12(5)17(26)20-8-11(3)4)21-18(27)14-9-30-19(22-14)23-31(6,28)29/h9-13,15-16,24-25H,7-8H2,1-6H3,(H,20,26)(H,21,27)(H,22,23)/t12?,13-,15+,16+/m0/s1. The number of amides is 2. The predicted molar refractivity (Wildman–Crippen MR) is 120 cm³/mol. The van der Waals surface area contributed by atoms with Crippen LogP contribution in [0, 0.1) is 17.8 Å². The van der Waals surface area contributed by atoms with Crippen LogP contribution in [-0.2, 0) is 14.8 Å². The molecule has 1 aromatic rings. The summed E-state index contributed by atoms with van der Waals surface area (Å²) in [5.41, 5.74) is -0.0191. The van der Waals surface area contributed by atoms with Crippen LogP contribution in [0.3, 0.4) is 0 Å². The third kappa shape index (κ3) is 9.50. The van der Waals surface area contributed by atoms with Gasteiger partial charge in [-0.25, -0.2) is 13.4 Å². The van der Waals surface area contributed by atoms with Crippen LogP contribution < -0.4 is 15.4 Å². The average Bonchev–Trinajstić information content (AvgIpc) is 3.09. The number of hydrogen-bond acceptors (Lipinski definition) is 8. The lowest BCUT2D eigenvalue weighted by molar-refractivity contribution is -0.132. The molecule has 1 rings (SSSR count). The molecule has 0 aliphatic carbocycles. The number of carbonyl (C=O) groups is 2. The van der Waals surface area contributed by atoms with E-state index in [0.29, 0.717) is 13.0 Å². The summed E-state index contributed by atoms with van der Waals surface area (Å²) in [6, 6.07) is -0.837. The minimum atomic E-state index is -3.53. The van der Waals surface area contributed by atoms with Gasteiger partial charge in [-0.3, -0.25) is 14.3 Å². The highest BCUT2D eigenvalue weighted by Crippen LogP contribution is 2.19. The summed E-state index contributed by atoms with van der Waals surface area (Å²) in [6.45, 7) is 9.65. The van der Waals surface area contributed by atoms with Crippen LogP contribution >= 0.6 is 11.3 Å². The van der Waals surface area contributed by atoms with E-state index < -0.39 is 40.1 Å². The number of rotatable bonds is 12. The molecule has 0 bridgehead atoms. The lowest BCUT2D eigenvalue weighted by atomic mass is 9.90. The fraction of sp³-hybridized carbons (Fsp3) is 0.737. The molecule has 0 fully saturated rings. The van der Waals surface area contributed by atoms with Gasteiger partial charge in [0.25, 0.3) is 5.91 Å². The van der Waals surface area contributed by atoms with Crippen LogP contribution in [0.1, 0.15) is 51.5 Å². The van der Waals surface area contributed by atoms with Gasteiger partial charge in [0, 0.05) is 11.9 Å². The summed E-state index contributed by atoms with van der Waals surface area (Å²) in [5.74, 6) is -1.57. The summed E-state index contributed by atoms with van der Waals surface area (Å²) < 4.78 is 24.8. The Balaban J connectivity index is 2.89. The van der Waals surface area contributed by atoms with Gasteiger partial charge in [-0.1, -0.05) is 34.6 Å². The molecule has 1 heterocycles. The van der Waals surface area contributed by atoms with Gasteiger partial charge in [-0.2, -0.15) is 0 Å². The van der Waals surface area contributed by atoms with Crippen molar-refractivity contribution in [2.24, 2.45) is 17.8 Å². The molecule has 0 spiro atoms. The van der Waals surface area contributed by atoms with Crippen molar-refractivity contribution in [3.8, 4) is 0 Å². The lowest BCUT2D eigenvalue weighted by Crippen LogP contribution is -2.53. The summed E-state index contributed by atoms with van der Waals surface area (Å²) >= 11 is 0.950. The van der Waals surface area contributed by atoms with Crippen molar-refractivity contribution in [1.29, 1.82) is 0 Å². The first-order chi connectivity index (χ1) is 14.2. The lowest BCUT2D eigenvalue weighted by Gasteiger charge is -2.31. The number of aliphatic hydroxyl groups excluding tert-OH is 2. The normalized spacial score (nSPS) is 15.9. The van der Waals surface area contributed by atoms with Crippen molar-refractivity contribution in [1.82, 2.24) is 15.6 Å². The Morgan fingerprint density at radius 3 is 2.23 bits per heavy atom. The summed E-state index contributed by atoms with van der Waals surface area (Å²) in [7, 11) is -3.53. The number of thiazole rings is 1. The van der Waals surface area contributed by atoms with Gasteiger partial charge in [0.15, 0.2) is 5.13 Å². The molecule has 0 radical (unpaired) electrons. The van der Waals surface area contributed by atoms with Gasteiger partial charge in [-0.05, 0) is 18.3 Å². The first kappa shape index (κ1) is 27.3. The van der Waals surface area contributed by atoms with Gasteiger partial charge in [0.1, 0.15) is 11.8 Å². The topological polar surface area (TPSA) is 158 Å². The number of aromatic nitrogens is 1. The highest BCUT2D eigenvalue weighted by Gasteiger charge is 2.35. The zero-order valence-corrected chi connectivity index (χ0v) is 20.4. The molecule has 1 unspecified atom stereocenters. The molecule has 178 valence electrons. The molecule has 0 saturated carbocycles. The molecule has 31 heavy (non-hydrogen) atoms. The molecule has 2 amide bonds. The predicted octanol–water partition coefficient (Wildman–Crippen LogP) is 0.789. The first-order valence-electron chi connectivity index (χ1n) is 10.1. The highest BCUT2D eigenvalue weighted by atomic mass is 32.2. The maximum atomic E-state index is 12.6. The van der Waals surface area contributed by atoms with Gasteiger partial charge >= 0.3 is 0 Å². The molecule has 10 nitrogen and oxygen atoms in total. The van der Waals surface area contributed by atoms with Crippen molar-refractivity contribution < 1.29 is 28.2 Å². The van der Waals surface area contributed by atoms with E-state index in [-0.39, 0.29) is 28.6 Å². The summed E-state index contributed by atoms with van der Waals surface area (Å²) in [5, 5.41) is 28.1. The molecule has 0 saturated heterocycles. The Labute approximate surface area is 187 Å². The van der Waals surface area contributed by atoms with Gasteiger partial charge in [-0.15, -0.1) is 11.3 Å². The van der Waals surface area contributed by atoms with Crippen molar-refractivity contribution in [3.05, 3.63) is 11.1 Å². The van der Waals surface area contributed by atoms with Crippen LogP contribution in [0.4, 0.5) is 5.13 Å². The van der Waals surface area contributed by atoms with Crippen LogP contribution in [0.25, 0.3) is 0 Å². The molecular weight excluding hydrogens is 444 g/mol. The number of nitrogens with one attached hydrogen (secondary N) is 3. The smallest absolute Gasteiger partial charge is 0.271 e. The molecule has 1 aromatic heterocycles. The quantitative estimate of drug-likeness (QED) is 0.297. The largest absolute Gasteiger partial charge is 0.390 e. The Morgan fingerprint density at radius 1 is 1.10 bits per heavy atom. The van der Waals surface area contributed by atoms with E-state index in [2.05, 4.69) is 20.3 Å². The van der Waals surface area contributed by atoms with E-state index in [1.54, 1.807) is 0 Å². The first-order valence-corrected chi connectivity index (χ1v) is 12.9. The van der Waals surface area contributed by atoms with Gasteiger partial charge in [0.2, 0.25) is 15.9 Å². The van der Waals surface area contributed by atoms with Gasteiger partial charge in [0.05, 0.1) is 24.3 Å². The Bertz CT molecular complexity index is 840. The maximum Gasteiger partial charge on any atom is 0.271 e. The molecule has 0 aliphatic heterocycles. The van der Waals surface area contributed by atoms with Crippen molar-refractivity contribution in [2.45, 2.75) is 59.3 Å². The molecule has 12 heteroatoms. The zero-order chi connectivity index (χ0) is 23.9. The third-order valence-corrected chi connectivity index (χ3v) is 5.87. The van der Waals surface area contributed by atoms with Crippen molar-refractivity contribution >= 4 is 38.3 Å². The van der Waals surface area contributed by atoms with E-state index in [1.807, 2.05) is 27.7 Å². The number of sulfonamides is 1. The van der Waals surface area contributed by atoms with E-state index >= 15 is 0 Å². The van der Waals surface area contributed by atoms with E-state index in [4.69, 9.17) is 0 Å². The van der Waals surface area contributed by atoms with Gasteiger partial charge < -0.3 is 20.8 Å². The van der Waals surface area contributed by atoms with E-state index in [1.165, 1.54) is 12.3 Å². The van der Waals surface area contributed by atoms with Crippen LogP contribution in [0.2, 0.25) is 0 Å². The second kappa shape index (κ2) is 11.7. The minimum Gasteiger partial charge on any atom is -0.390 e. The number of aliphatic hydroxyl groups is 2. The van der Waals surface area contributed by atoms with Crippen molar-refractivity contribution in [3.63, 3.8) is 0 Å². The Kier molecular flexibility index (Phi) is 10.3. The summed E-state index contributed by atoms with van der Waals surface area (Å²) in [4.78, 5) is 28.8. The Morgan fingerprint density at radius 2 is 1.71 bits per heavy atom. The van der Waals surface area contributed by atoms with Crippen LogP contribution in [-0.4, -0.2) is 66.5 Å².